The Bertz CT molecular complexity index is 533. The van der Waals surface area contributed by atoms with Crippen molar-refractivity contribution in [1.82, 2.24) is 14.5 Å². The molecule has 2 rings (SSSR count). The van der Waals surface area contributed by atoms with Crippen LogP contribution in [-0.4, -0.2) is 68.4 Å². The molecule has 23 heavy (non-hydrogen) atoms. The summed E-state index contributed by atoms with van der Waals surface area (Å²) >= 11 is 0. The highest BCUT2D eigenvalue weighted by atomic mass is 32.2. The van der Waals surface area contributed by atoms with Gasteiger partial charge in [0.15, 0.2) is 0 Å². The summed E-state index contributed by atoms with van der Waals surface area (Å²) < 4.78 is 24.4. The quantitative estimate of drug-likeness (QED) is 0.779. The monoisotopic (exact) mass is 345 g/mol. The van der Waals surface area contributed by atoms with E-state index in [0.717, 1.165) is 25.9 Å². The number of nitrogens with zero attached hydrogens (tertiary/aromatic N) is 2. The largest absolute Gasteiger partial charge is 0.356 e. The van der Waals surface area contributed by atoms with Crippen molar-refractivity contribution in [2.75, 3.05) is 39.0 Å². The van der Waals surface area contributed by atoms with Crippen molar-refractivity contribution in [2.24, 2.45) is 11.8 Å². The summed E-state index contributed by atoms with van der Waals surface area (Å²) in [7, 11) is -3.15. The molecule has 0 saturated carbocycles. The minimum Gasteiger partial charge on any atom is -0.356 e. The van der Waals surface area contributed by atoms with E-state index >= 15 is 0 Å². The van der Waals surface area contributed by atoms with Crippen LogP contribution >= 0.6 is 0 Å². The Balaban J connectivity index is 1.69. The standard InChI is InChI=1S/C15H27N3O4S/c1-12(19)17-7-3-13(4-8-17)11-16-15(20)14-5-9-18(10-6-14)23(2,21)22/h13-14H,3-11H2,1-2H3,(H,16,20). The number of piperidine rings is 2. The first-order valence-corrected chi connectivity index (χ1v) is 10.1. The van der Waals surface area contributed by atoms with Crippen molar-refractivity contribution in [1.29, 1.82) is 0 Å². The smallest absolute Gasteiger partial charge is 0.223 e. The number of likely N-dealkylation sites (tertiary alicyclic amines) is 1. The lowest BCUT2D eigenvalue weighted by Gasteiger charge is -2.32. The fourth-order valence-corrected chi connectivity index (χ4v) is 4.16. The van der Waals surface area contributed by atoms with Gasteiger partial charge in [0.05, 0.1) is 6.26 Å². The van der Waals surface area contributed by atoms with Gasteiger partial charge in [-0.15, -0.1) is 0 Å². The molecular weight excluding hydrogens is 318 g/mol. The summed E-state index contributed by atoms with van der Waals surface area (Å²) in [6.45, 7) is 4.62. The molecule has 0 aliphatic carbocycles. The molecule has 0 spiro atoms. The van der Waals surface area contributed by atoms with Crippen molar-refractivity contribution in [3.05, 3.63) is 0 Å². The third-order valence-corrected chi connectivity index (χ3v) is 6.22. The van der Waals surface area contributed by atoms with Crippen LogP contribution in [0.3, 0.4) is 0 Å². The van der Waals surface area contributed by atoms with Crippen LogP contribution in [0.4, 0.5) is 0 Å². The normalized spacial score (nSPS) is 22.1. The van der Waals surface area contributed by atoms with Crippen LogP contribution in [0.1, 0.15) is 32.6 Å². The SMILES string of the molecule is CC(=O)N1CCC(CNC(=O)C2CCN(S(C)(=O)=O)CC2)CC1. The van der Waals surface area contributed by atoms with E-state index < -0.39 is 10.0 Å². The van der Waals surface area contributed by atoms with Gasteiger partial charge >= 0.3 is 0 Å². The lowest BCUT2D eigenvalue weighted by atomic mass is 9.94. The Kier molecular flexibility index (Phi) is 6.02. The topological polar surface area (TPSA) is 86.8 Å². The second-order valence-electron chi connectivity index (χ2n) is 6.63. The maximum absolute atomic E-state index is 12.2. The summed E-state index contributed by atoms with van der Waals surface area (Å²) in [5.74, 6) is 0.480. The first-order chi connectivity index (χ1) is 10.8. The Morgan fingerprint density at radius 2 is 1.61 bits per heavy atom. The van der Waals surface area contributed by atoms with Crippen molar-refractivity contribution >= 4 is 21.8 Å². The Hall–Kier alpha value is -1.15. The average molecular weight is 345 g/mol. The van der Waals surface area contributed by atoms with Gasteiger partial charge in [0, 0.05) is 45.6 Å². The number of carbonyl (C=O) groups excluding carboxylic acids is 2. The molecule has 2 fully saturated rings. The molecule has 2 saturated heterocycles. The predicted molar refractivity (Wildman–Crippen MR) is 87.1 cm³/mol. The fourth-order valence-electron chi connectivity index (χ4n) is 3.29. The summed E-state index contributed by atoms with van der Waals surface area (Å²) in [6, 6.07) is 0. The van der Waals surface area contributed by atoms with Gasteiger partial charge in [-0.3, -0.25) is 9.59 Å². The van der Waals surface area contributed by atoms with Crippen molar-refractivity contribution in [3.63, 3.8) is 0 Å². The van der Waals surface area contributed by atoms with Gasteiger partial charge in [-0.25, -0.2) is 12.7 Å². The number of amides is 2. The summed E-state index contributed by atoms with van der Waals surface area (Å²) in [5.41, 5.74) is 0. The highest BCUT2D eigenvalue weighted by molar-refractivity contribution is 7.88. The van der Waals surface area contributed by atoms with E-state index in [1.54, 1.807) is 6.92 Å². The van der Waals surface area contributed by atoms with Gasteiger partial charge < -0.3 is 10.2 Å². The summed E-state index contributed by atoms with van der Waals surface area (Å²) in [5, 5.41) is 3.01. The summed E-state index contributed by atoms with van der Waals surface area (Å²) in [6.07, 6.45) is 4.23. The van der Waals surface area contributed by atoms with E-state index in [4.69, 9.17) is 0 Å². The van der Waals surface area contributed by atoms with Gasteiger partial charge in [0.1, 0.15) is 0 Å². The number of carbonyl (C=O) groups is 2. The van der Waals surface area contributed by atoms with Crippen LogP contribution in [0.2, 0.25) is 0 Å². The van der Waals surface area contributed by atoms with E-state index in [1.807, 2.05) is 4.90 Å². The summed E-state index contributed by atoms with van der Waals surface area (Å²) in [4.78, 5) is 25.4. The van der Waals surface area contributed by atoms with Crippen LogP contribution < -0.4 is 5.32 Å². The maximum atomic E-state index is 12.2. The van der Waals surface area contributed by atoms with Crippen LogP contribution in [-0.2, 0) is 19.6 Å². The highest BCUT2D eigenvalue weighted by Gasteiger charge is 2.29. The minimum atomic E-state index is -3.15. The molecule has 2 aliphatic rings. The van der Waals surface area contributed by atoms with Gasteiger partial charge in [-0.1, -0.05) is 0 Å². The molecule has 8 heteroatoms. The van der Waals surface area contributed by atoms with Crippen LogP contribution in [0.15, 0.2) is 0 Å². The molecule has 1 N–H and O–H groups in total. The molecule has 0 radical (unpaired) electrons. The molecule has 7 nitrogen and oxygen atoms in total. The Morgan fingerprint density at radius 1 is 1.04 bits per heavy atom. The molecule has 0 aromatic heterocycles. The van der Waals surface area contributed by atoms with Crippen LogP contribution in [0, 0.1) is 11.8 Å². The molecule has 132 valence electrons. The third-order valence-electron chi connectivity index (χ3n) is 4.92. The lowest BCUT2D eigenvalue weighted by molar-refractivity contribution is -0.130. The first-order valence-electron chi connectivity index (χ1n) is 8.25. The van der Waals surface area contributed by atoms with Crippen LogP contribution in [0.5, 0.6) is 0 Å². The van der Waals surface area contributed by atoms with Gasteiger partial charge in [-0.05, 0) is 31.6 Å². The zero-order valence-electron chi connectivity index (χ0n) is 14.0. The van der Waals surface area contributed by atoms with E-state index in [1.165, 1.54) is 10.6 Å². The number of hydrogen-bond acceptors (Lipinski definition) is 4. The molecule has 2 aliphatic heterocycles. The maximum Gasteiger partial charge on any atom is 0.223 e. The predicted octanol–water partition coefficient (Wildman–Crippen LogP) is 0.0327. The van der Waals surface area contributed by atoms with Crippen LogP contribution in [0.25, 0.3) is 0 Å². The van der Waals surface area contributed by atoms with Crippen molar-refractivity contribution < 1.29 is 18.0 Å². The molecule has 0 bridgehead atoms. The second kappa shape index (κ2) is 7.61. The number of hydrogen-bond donors (Lipinski definition) is 1. The van der Waals surface area contributed by atoms with Gasteiger partial charge in [-0.2, -0.15) is 0 Å². The highest BCUT2D eigenvalue weighted by Crippen LogP contribution is 2.20. The third kappa shape index (κ3) is 5.17. The van der Waals surface area contributed by atoms with E-state index in [0.29, 0.717) is 38.4 Å². The molecule has 2 heterocycles. The van der Waals surface area contributed by atoms with Gasteiger partial charge in [0.2, 0.25) is 21.8 Å². The molecule has 0 aromatic carbocycles. The number of sulfonamides is 1. The van der Waals surface area contributed by atoms with E-state index in [9.17, 15) is 18.0 Å². The second-order valence-corrected chi connectivity index (χ2v) is 8.61. The molecule has 0 atom stereocenters. The molecular formula is C15H27N3O4S. The number of rotatable bonds is 4. The Morgan fingerprint density at radius 3 is 2.09 bits per heavy atom. The Labute approximate surface area is 138 Å². The lowest BCUT2D eigenvalue weighted by Crippen LogP contribution is -2.44. The van der Waals surface area contributed by atoms with Crippen molar-refractivity contribution in [3.8, 4) is 0 Å². The molecule has 0 aromatic rings. The van der Waals surface area contributed by atoms with E-state index in [2.05, 4.69) is 5.32 Å². The zero-order valence-corrected chi connectivity index (χ0v) is 14.8. The zero-order chi connectivity index (χ0) is 17.0. The minimum absolute atomic E-state index is 0.0344. The molecule has 2 amide bonds. The van der Waals surface area contributed by atoms with Crippen molar-refractivity contribution in [2.45, 2.75) is 32.6 Å². The van der Waals surface area contributed by atoms with Gasteiger partial charge in [0.25, 0.3) is 0 Å². The average Bonchev–Trinajstić information content (AvgIpc) is 2.52. The molecule has 0 unspecified atom stereocenters. The van der Waals surface area contributed by atoms with E-state index in [-0.39, 0.29) is 17.7 Å². The first kappa shape index (κ1) is 18.2. The fraction of sp³-hybridized carbons (Fsp3) is 0.867. The number of nitrogens with one attached hydrogen (secondary N) is 1.